The Labute approximate surface area is 128 Å². The predicted octanol–water partition coefficient (Wildman–Crippen LogP) is 4.09. The molecule has 0 atom stereocenters. The van der Waals surface area contributed by atoms with E-state index in [9.17, 15) is 9.59 Å². The quantitative estimate of drug-likeness (QED) is 0.772. The van der Waals surface area contributed by atoms with Crippen LogP contribution in [0.25, 0.3) is 11.6 Å². The van der Waals surface area contributed by atoms with Gasteiger partial charge in [-0.3, -0.25) is 14.5 Å². The van der Waals surface area contributed by atoms with Crippen molar-refractivity contribution in [2.24, 2.45) is 0 Å². The van der Waals surface area contributed by atoms with E-state index in [1.54, 1.807) is 6.08 Å². The van der Waals surface area contributed by atoms with Gasteiger partial charge in [-0.2, -0.15) is 0 Å². The highest BCUT2D eigenvalue weighted by atomic mass is 32.2. The maximum absolute atomic E-state index is 11.9. The first-order chi connectivity index (χ1) is 10.1. The summed E-state index contributed by atoms with van der Waals surface area (Å²) < 4.78 is 0. The van der Waals surface area contributed by atoms with E-state index in [0.29, 0.717) is 4.91 Å². The summed E-state index contributed by atoms with van der Waals surface area (Å²) in [6.45, 7) is 0. The second kappa shape index (κ2) is 5.74. The third kappa shape index (κ3) is 2.85. The number of allylic oxidation sites excluding steroid dienone is 4. The van der Waals surface area contributed by atoms with Gasteiger partial charge in [0.2, 0.25) is 0 Å². The molecule has 1 aliphatic heterocycles. The fraction of sp³-hybridized carbons (Fsp3) is 0.176. The van der Waals surface area contributed by atoms with Gasteiger partial charge in [0.05, 0.1) is 4.91 Å². The van der Waals surface area contributed by atoms with Crippen LogP contribution in [-0.2, 0) is 4.79 Å². The lowest BCUT2D eigenvalue weighted by Gasteiger charge is -2.10. The summed E-state index contributed by atoms with van der Waals surface area (Å²) in [5.74, 6) is -0.227. The second-order valence-electron chi connectivity index (χ2n) is 5.02. The van der Waals surface area contributed by atoms with Crippen molar-refractivity contribution in [2.45, 2.75) is 12.8 Å². The highest BCUT2D eigenvalue weighted by Crippen LogP contribution is 2.31. The molecule has 0 bridgehead atoms. The molecule has 2 amide bonds. The monoisotopic (exact) mass is 297 g/mol. The van der Waals surface area contributed by atoms with Gasteiger partial charge in [-0.15, -0.1) is 0 Å². The van der Waals surface area contributed by atoms with E-state index in [2.05, 4.69) is 30.4 Å². The van der Waals surface area contributed by atoms with Gasteiger partial charge in [0.1, 0.15) is 0 Å². The Kier molecular flexibility index (Phi) is 3.80. The van der Waals surface area contributed by atoms with Crippen molar-refractivity contribution in [3.8, 4) is 0 Å². The number of carbonyl (C=O) groups excluding carboxylic acids is 2. The zero-order valence-corrected chi connectivity index (χ0v) is 12.5. The minimum atomic E-state index is -0.227. The minimum absolute atomic E-state index is 0.220. The van der Waals surface area contributed by atoms with E-state index in [1.165, 1.54) is 18.2 Å². The maximum Gasteiger partial charge on any atom is 0.293 e. The Bertz CT molecular complexity index is 700. The zero-order chi connectivity index (χ0) is 14.8. The molecule has 0 N–H and O–H groups in total. The van der Waals surface area contributed by atoms with Gasteiger partial charge in [-0.05, 0) is 53.4 Å². The normalized spacial score (nSPS) is 20.3. The molecule has 1 aromatic rings. The summed E-state index contributed by atoms with van der Waals surface area (Å²) in [6.07, 6.45) is 10.2. The van der Waals surface area contributed by atoms with Gasteiger partial charge in [0, 0.05) is 7.05 Å². The average Bonchev–Trinajstić information content (AvgIpc) is 2.76. The zero-order valence-electron chi connectivity index (χ0n) is 11.7. The molecule has 1 saturated heterocycles. The molecule has 3 nitrogen and oxygen atoms in total. The van der Waals surface area contributed by atoms with Crippen LogP contribution in [0.4, 0.5) is 4.79 Å². The molecule has 4 heteroatoms. The van der Waals surface area contributed by atoms with E-state index in [-0.39, 0.29) is 11.1 Å². The summed E-state index contributed by atoms with van der Waals surface area (Å²) in [5.41, 5.74) is 3.42. The number of imide groups is 1. The first-order valence-corrected chi connectivity index (χ1v) is 7.64. The first kappa shape index (κ1) is 13.9. The summed E-state index contributed by atoms with van der Waals surface area (Å²) >= 11 is 0.991. The number of benzene rings is 1. The SMILES string of the molecule is CN1C(=O)S/C(=C\c2cccc(C3=CC=CCC3)c2)C1=O. The highest BCUT2D eigenvalue weighted by Gasteiger charge is 2.31. The molecule has 1 heterocycles. The largest absolute Gasteiger partial charge is 0.293 e. The van der Waals surface area contributed by atoms with Crippen molar-refractivity contribution in [1.29, 1.82) is 0 Å². The molecule has 1 aliphatic carbocycles. The number of carbonyl (C=O) groups is 2. The molecule has 21 heavy (non-hydrogen) atoms. The molecule has 1 fully saturated rings. The molecule has 0 aromatic heterocycles. The van der Waals surface area contributed by atoms with Crippen LogP contribution in [0.3, 0.4) is 0 Å². The van der Waals surface area contributed by atoms with Gasteiger partial charge in [0.25, 0.3) is 11.1 Å². The van der Waals surface area contributed by atoms with Crippen LogP contribution in [0.5, 0.6) is 0 Å². The van der Waals surface area contributed by atoms with Crippen LogP contribution >= 0.6 is 11.8 Å². The van der Waals surface area contributed by atoms with Crippen molar-refractivity contribution < 1.29 is 9.59 Å². The molecule has 3 rings (SSSR count). The summed E-state index contributed by atoms with van der Waals surface area (Å²) in [4.78, 5) is 25.0. The summed E-state index contributed by atoms with van der Waals surface area (Å²) in [7, 11) is 1.51. The van der Waals surface area contributed by atoms with E-state index in [0.717, 1.165) is 35.1 Å². The highest BCUT2D eigenvalue weighted by molar-refractivity contribution is 8.18. The predicted molar refractivity (Wildman–Crippen MR) is 86.5 cm³/mol. The lowest BCUT2D eigenvalue weighted by molar-refractivity contribution is -0.121. The van der Waals surface area contributed by atoms with Gasteiger partial charge in [-0.1, -0.05) is 36.4 Å². The van der Waals surface area contributed by atoms with Gasteiger partial charge in [-0.25, -0.2) is 0 Å². The van der Waals surface area contributed by atoms with Crippen LogP contribution in [-0.4, -0.2) is 23.1 Å². The Morgan fingerprint density at radius 2 is 2.14 bits per heavy atom. The third-order valence-electron chi connectivity index (χ3n) is 3.56. The number of amides is 2. The van der Waals surface area contributed by atoms with E-state index < -0.39 is 0 Å². The van der Waals surface area contributed by atoms with Crippen molar-refractivity contribution in [1.82, 2.24) is 4.90 Å². The smallest absolute Gasteiger partial charge is 0.272 e. The number of hydrogen-bond donors (Lipinski definition) is 0. The molecule has 0 unspecified atom stereocenters. The Morgan fingerprint density at radius 3 is 2.81 bits per heavy atom. The van der Waals surface area contributed by atoms with Crippen molar-refractivity contribution >= 4 is 34.6 Å². The first-order valence-electron chi connectivity index (χ1n) is 6.83. The molecule has 1 aromatic carbocycles. The number of hydrogen-bond acceptors (Lipinski definition) is 3. The Morgan fingerprint density at radius 1 is 1.29 bits per heavy atom. The number of nitrogens with zero attached hydrogens (tertiary/aromatic N) is 1. The Balaban J connectivity index is 1.90. The topological polar surface area (TPSA) is 37.4 Å². The van der Waals surface area contributed by atoms with Crippen molar-refractivity contribution in [3.63, 3.8) is 0 Å². The molecule has 0 saturated carbocycles. The number of thioether (sulfide) groups is 1. The van der Waals surface area contributed by atoms with E-state index >= 15 is 0 Å². The Hall–Kier alpha value is -2.07. The summed E-state index contributed by atoms with van der Waals surface area (Å²) in [6, 6.07) is 8.07. The molecule has 0 radical (unpaired) electrons. The third-order valence-corrected chi connectivity index (χ3v) is 4.52. The lowest BCUT2D eigenvalue weighted by atomic mass is 9.96. The van der Waals surface area contributed by atoms with E-state index in [1.807, 2.05) is 12.1 Å². The van der Waals surface area contributed by atoms with Crippen LogP contribution in [0.1, 0.15) is 24.0 Å². The van der Waals surface area contributed by atoms with Gasteiger partial charge in [0.15, 0.2) is 0 Å². The van der Waals surface area contributed by atoms with Crippen molar-refractivity contribution in [2.75, 3.05) is 7.05 Å². The molecular weight excluding hydrogens is 282 g/mol. The average molecular weight is 297 g/mol. The van der Waals surface area contributed by atoms with Gasteiger partial charge < -0.3 is 0 Å². The molecular formula is C17H15NO2S. The maximum atomic E-state index is 11.9. The number of rotatable bonds is 2. The van der Waals surface area contributed by atoms with Crippen LogP contribution in [0.2, 0.25) is 0 Å². The van der Waals surface area contributed by atoms with Crippen LogP contribution in [0.15, 0.2) is 47.4 Å². The molecule has 106 valence electrons. The van der Waals surface area contributed by atoms with Crippen molar-refractivity contribution in [3.05, 3.63) is 58.5 Å². The molecule has 0 spiro atoms. The van der Waals surface area contributed by atoms with Gasteiger partial charge >= 0.3 is 0 Å². The standard InChI is InChI=1S/C17H15NO2S/c1-18-16(19)15(21-17(18)20)11-12-6-5-9-14(10-12)13-7-3-2-4-8-13/h2-3,5-7,9-11H,4,8H2,1H3/b15-11-. The fourth-order valence-corrected chi connectivity index (χ4v) is 3.20. The minimum Gasteiger partial charge on any atom is -0.272 e. The van der Waals surface area contributed by atoms with E-state index in [4.69, 9.17) is 0 Å². The summed E-state index contributed by atoms with van der Waals surface area (Å²) in [5, 5.41) is -0.220. The fourth-order valence-electron chi connectivity index (χ4n) is 2.37. The number of likely N-dealkylation sites (N-methyl/N-ethyl adjacent to an activating group) is 1. The molecule has 2 aliphatic rings. The van der Waals surface area contributed by atoms with Crippen LogP contribution < -0.4 is 0 Å². The van der Waals surface area contributed by atoms with Crippen LogP contribution in [0, 0.1) is 0 Å². The lowest BCUT2D eigenvalue weighted by Crippen LogP contribution is -2.22. The second-order valence-corrected chi connectivity index (χ2v) is 6.02.